The molecule has 0 radical (unpaired) electrons. The third-order valence-corrected chi connectivity index (χ3v) is 4.14. The molecule has 19 heavy (non-hydrogen) atoms. The van der Waals surface area contributed by atoms with Crippen LogP contribution in [0.1, 0.15) is 45.4 Å². The molecule has 2 saturated heterocycles. The van der Waals surface area contributed by atoms with Gasteiger partial charge in [-0.25, -0.2) is 0 Å². The summed E-state index contributed by atoms with van der Waals surface area (Å²) in [5, 5.41) is 0. The Hall–Kier alpha value is -0.610. The lowest BCUT2D eigenvalue weighted by Crippen LogP contribution is -2.40. The molecule has 4 nitrogen and oxygen atoms in total. The van der Waals surface area contributed by atoms with E-state index in [0.29, 0.717) is 0 Å². The van der Waals surface area contributed by atoms with E-state index in [4.69, 9.17) is 9.47 Å². The molecule has 4 heteroatoms. The van der Waals surface area contributed by atoms with Crippen molar-refractivity contribution in [2.75, 3.05) is 32.8 Å². The fourth-order valence-corrected chi connectivity index (χ4v) is 2.96. The molecule has 0 spiro atoms. The number of hydrogen-bond donors (Lipinski definition) is 0. The van der Waals surface area contributed by atoms with Crippen LogP contribution in [-0.4, -0.2) is 49.8 Å². The van der Waals surface area contributed by atoms with E-state index in [9.17, 15) is 4.79 Å². The summed E-state index contributed by atoms with van der Waals surface area (Å²) in [6.07, 6.45) is 6.97. The Balaban J connectivity index is 1.66. The molecule has 0 aromatic heterocycles. The third-order valence-electron chi connectivity index (χ3n) is 4.14. The number of unbranched alkanes of at least 4 members (excludes halogenated alkanes) is 3. The van der Waals surface area contributed by atoms with Crippen molar-refractivity contribution in [2.24, 2.45) is 5.92 Å². The maximum absolute atomic E-state index is 11.8. The van der Waals surface area contributed by atoms with Crippen molar-refractivity contribution in [1.82, 2.24) is 4.90 Å². The Morgan fingerprint density at radius 3 is 2.74 bits per heavy atom. The molecule has 110 valence electrons. The predicted molar refractivity (Wildman–Crippen MR) is 74.0 cm³/mol. The van der Waals surface area contributed by atoms with Gasteiger partial charge in [-0.2, -0.15) is 0 Å². The smallest absolute Gasteiger partial charge is 0.309 e. The summed E-state index contributed by atoms with van der Waals surface area (Å²) < 4.78 is 10.8. The second-order valence-electron chi connectivity index (χ2n) is 5.75. The Kier molecular flexibility index (Phi) is 6.11. The van der Waals surface area contributed by atoms with Crippen LogP contribution in [0.3, 0.4) is 0 Å². The van der Waals surface area contributed by atoms with Crippen molar-refractivity contribution in [3.8, 4) is 0 Å². The van der Waals surface area contributed by atoms with Gasteiger partial charge in [0.25, 0.3) is 0 Å². The molecule has 2 aliphatic rings. The molecular formula is C15H27NO3. The van der Waals surface area contributed by atoms with Gasteiger partial charge in [0.2, 0.25) is 0 Å². The van der Waals surface area contributed by atoms with E-state index in [1.165, 1.54) is 19.3 Å². The second-order valence-corrected chi connectivity index (χ2v) is 5.75. The number of esters is 1. The highest BCUT2D eigenvalue weighted by atomic mass is 16.6. The van der Waals surface area contributed by atoms with Crippen molar-refractivity contribution >= 4 is 5.97 Å². The number of ether oxygens (including phenoxy) is 2. The maximum atomic E-state index is 11.8. The van der Waals surface area contributed by atoms with Crippen LogP contribution in [0.15, 0.2) is 0 Å². The molecule has 0 aromatic rings. The van der Waals surface area contributed by atoms with Crippen molar-refractivity contribution in [1.29, 1.82) is 0 Å². The highest BCUT2D eigenvalue weighted by Crippen LogP contribution is 2.27. The van der Waals surface area contributed by atoms with Crippen LogP contribution >= 0.6 is 0 Å². The molecule has 2 rings (SSSR count). The van der Waals surface area contributed by atoms with Gasteiger partial charge in [-0.15, -0.1) is 0 Å². The molecular weight excluding hydrogens is 242 g/mol. The summed E-state index contributed by atoms with van der Waals surface area (Å²) in [7, 11) is 0. The van der Waals surface area contributed by atoms with Crippen LogP contribution in [-0.2, 0) is 14.3 Å². The van der Waals surface area contributed by atoms with Crippen LogP contribution in [0.25, 0.3) is 0 Å². The lowest BCUT2D eigenvalue weighted by Gasteiger charge is -2.28. The number of cyclic esters (lactones) is 1. The zero-order chi connectivity index (χ0) is 13.5. The first-order valence-electron chi connectivity index (χ1n) is 7.80. The van der Waals surface area contributed by atoms with Crippen LogP contribution in [0.2, 0.25) is 0 Å². The van der Waals surface area contributed by atoms with Crippen LogP contribution in [0, 0.1) is 5.92 Å². The summed E-state index contributed by atoms with van der Waals surface area (Å²) in [6, 6.07) is 0. The van der Waals surface area contributed by atoms with Gasteiger partial charge < -0.3 is 9.47 Å². The first kappa shape index (κ1) is 14.8. The number of carbonyl (C=O) groups is 1. The standard InChI is InChI=1S/C15H27NO3/c1-2-3-4-5-6-13-11-14(19-15(13)17)12-16-7-9-18-10-8-16/h13-14H,2-12H2,1H3/t13-,14-/m1/s1. The maximum Gasteiger partial charge on any atom is 0.309 e. The number of carbonyl (C=O) groups excluding carboxylic acids is 1. The second kappa shape index (κ2) is 7.85. The predicted octanol–water partition coefficient (Wildman–Crippen LogP) is 2.22. The van der Waals surface area contributed by atoms with E-state index < -0.39 is 0 Å². The van der Waals surface area contributed by atoms with Crippen molar-refractivity contribution in [2.45, 2.75) is 51.6 Å². The average molecular weight is 269 g/mol. The fourth-order valence-electron chi connectivity index (χ4n) is 2.96. The van der Waals surface area contributed by atoms with Gasteiger partial charge in [0.05, 0.1) is 19.1 Å². The Bertz CT molecular complexity index is 277. The molecule has 0 unspecified atom stereocenters. The van der Waals surface area contributed by atoms with Gasteiger partial charge in [0, 0.05) is 19.6 Å². The fraction of sp³-hybridized carbons (Fsp3) is 0.933. The molecule has 2 aliphatic heterocycles. The highest BCUT2D eigenvalue weighted by Gasteiger charge is 2.34. The van der Waals surface area contributed by atoms with Gasteiger partial charge in [-0.05, 0) is 12.8 Å². The van der Waals surface area contributed by atoms with Gasteiger partial charge in [-0.3, -0.25) is 9.69 Å². The van der Waals surface area contributed by atoms with Crippen molar-refractivity contribution in [3.63, 3.8) is 0 Å². The van der Waals surface area contributed by atoms with Crippen molar-refractivity contribution in [3.05, 3.63) is 0 Å². The molecule has 0 aliphatic carbocycles. The van der Waals surface area contributed by atoms with Crippen LogP contribution in [0.4, 0.5) is 0 Å². The largest absolute Gasteiger partial charge is 0.461 e. The van der Waals surface area contributed by atoms with E-state index in [2.05, 4.69) is 11.8 Å². The minimum atomic E-state index is 0.0368. The van der Waals surface area contributed by atoms with Gasteiger partial charge in [0.15, 0.2) is 0 Å². The Labute approximate surface area is 116 Å². The van der Waals surface area contributed by atoms with E-state index in [0.717, 1.165) is 52.1 Å². The lowest BCUT2D eigenvalue weighted by atomic mass is 9.97. The SMILES string of the molecule is CCCCCC[C@@H]1C[C@H](CN2CCOCC2)OC1=O. The van der Waals surface area contributed by atoms with E-state index in [1.54, 1.807) is 0 Å². The average Bonchev–Trinajstić information content (AvgIpc) is 2.76. The molecule has 2 fully saturated rings. The number of nitrogens with zero attached hydrogens (tertiary/aromatic N) is 1. The number of morpholine rings is 1. The molecule has 2 heterocycles. The summed E-state index contributed by atoms with van der Waals surface area (Å²) >= 11 is 0. The Morgan fingerprint density at radius 1 is 1.21 bits per heavy atom. The molecule has 0 bridgehead atoms. The monoisotopic (exact) mass is 269 g/mol. The highest BCUT2D eigenvalue weighted by molar-refractivity contribution is 5.74. The van der Waals surface area contributed by atoms with Crippen LogP contribution < -0.4 is 0 Å². The Morgan fingerprint density at radius 2 is 2.00 bits per heavy atom. The molecule has 0 amide bonds. The zero-order valence-electron chi connectivity index (χ0n) is 12.1. The zero-order valence-corrected chi connectivity index (χ0v) is 12.1. The lowest BCUT2D eigenvalue weighted by molar-refractivity contribution is -0.145. The number of hydrogen-bond acceptors (Lipinski definition) is 4. The first-order valence-corrected chi connectivity index (χ1v) is 7.80. The first-order chi connectivity index (χ1) is 9.29. The molecule has 0 N–H and O–H groups in total. The van der Waals surface area contributed by atoms with E-state index in [1.807, 2.05) is 0 Å². The molecule has 2 atom stereocenters. The summed E-state index contributed by atoms with van der Waals surface area (Å²) in [4.78, 5) is 14.2. The summed E-state index contributed by atoms with van der Waals surface area (Å²) in [5.74, 6) is 0.192. The summed E-state index contributed by atoms with van der Waals surface area (Å²) in [5.41, 5.74) is 0. The van der Waals surface area contributed by atoms with Gasteiger partial charge >= 0.3 is 5.97 Å². The van der Waals surface area contributed by atoms with Crippen LogP contribution in [0.5, 0.6) is 0 Å². The minimum absolute atomic E-state index is 0.0368. The topological polar surface area (TPSA) is 38.8 Å². The van der Waals surface area contributed by atoms with E-state index in [-0.39, 0.29) is 18.0 Å². The quantitative estimate of drug-likeness (QED) is 0.525. The molecule has 0 aromatic carbocycles. The van der Waals surface area contributed by atoms with Gasteiger partial charge in [0.1, 0.15) is 6.10 Å². The number of rotatable bonds is 7. The summed E-state index contributed by atoms with van der Waals surface area (Å²) in [6.45, 7) is 6.65. The minimum Gasteiger partial charge on any atom is -0.461 e. The molecule has 0 saturated carbocycles. The van der Waals surface area contributed by atoms with Crippen molar-refractivity contribution < 1.29 is 14.3 Å². The normalized spacial score (nSPS) is 28.6. The third kappa shape index (κ3) is 4.77. The van der Waals surface area contributed by atoms with Gasteiger partial charge in [-0.1, -0.05) is 32.6 Å². The van der Waals surface area contributed by atoms with E-state index >= 15 is 0 Å².